The van der Waals surface area contributed by atoms with Crippen molar-refractivity contribution in [3.05, 3.63) is 59.7 Å². The van der Waals surface area contributed by atoms with Gasteiger partial charge >= 0.3 is 0 Å². The molecular weight excluding hydrogens is 272 g/mol. The van der Waals surface area contributed by atoms with Crippen molar-refractivity contribution in [2.24, 2.45) is 0 Å². The summed E-state index contributed by atoms with van der Waals surface area (Å²) in [5.74, 6) is -0.0514. The fourth-order valence-corrected chi connectivity index (χ4v) is 2.89. The van der Waals surface area contributed by atoms with Crippen LogP contribution in [0.15, 0.2) is 48.5 Å². The Hall–Kier alpha value is -2.29. The molecule has 114 valence electrons. The van der Waals surface area contributed by atoms with E-state index in [0.29, 0.717) is 5.56 Å². The number of amides is 1. The average Bonchev–Trinajstić information content (AvgIpc) is 2.57. The Morgan fingerprint density at radius 3 is 2.36 bits per heavy atom. The van der Waals surface area contributed by atoms with Crippen molar-refractivity contribution in [3.63, 3.8) is 0 Å². The van der Waals surface area contributed by atoms with E-state index in [-0.39, 0.29) is 5.91 Å². The van der Waals surface area contributed by atoms with Crippen LogP contribution in [0.1, 0.15) is 35.2 Å². The number of benzene rings is 2. The summed E-state index contributed by atoms with van der Waals surface area (Å²) in [4.78, 5) is 14.8. The molecule has 0 atom stereocenters. The lowest BCUT2D eigenvalue weighted by atomic mass is 10.1. The summed E-state index contributed by atoms with van der Waals surface area (Å²) in [7, 11) is 0. The van der Waals surface area contributed by atoms with Gasteiger partial charge < -0.3 is 10.2 Å². The first kappa shape index (κ1) is 14.6. The van der Waals surface area contributed by atoms with Gasteiger partial charge in [0, 0.05) is 18.7 Å². The highest BCUT2D eigenvalue weighted by molar-refractivity contribution is 6.05. The SMILES string of the molecule is Cc1ccc(C(=O)Nc2ccccc2N2CCCCC2)cc1. The maximum Gasteiger partial charge on any atom is 0.255 e. The van der Waals surface area contributed by atoms with Crippen LogP contribution in [0.2, 0.25) is 0 Å². The maximum absolute atomic E-state index is 12.4. The van der Waals surface area contributed by atoms with Crippen LogP contribution < -0.4 is 10.2 Å². The predicted octanol–water partition coefficient (Wildman–Crippen LogP) is 4.24. The highest BCUT2D eigenvalue weighted by Crippen LogP contribution is 2.28. The van der Waals surface area contributed by atoms with Crippen LogP contribution in [0, 0.1) is 6.92 Å². The summed E-state index contributed by atoms with van der Waals surface area (Å²) in [5.41, 5.74) is 3.88. The molecule has 1 aliphatic heterocycles. The number of rotatable bonds is 3. The molecule has 1 heterocycles. The van der Waals surface area contributed by atoms with Crippen LogP contribution in [0.4, 0.5) is 11.4 Å². The Kier molecular flexibility index (Phi) is 4.42. The number of hydrogen-bond acceptors (Lipinski definition) is 2. The molecule has 1 N–H and O–H groups in total. The monoisotopic (exact) mass is 294 g/mol. The molecule has 3 rings (SSSR count). The van der Waals surface area contributed by atoms with Crippen LogP contribution >= 0.6 is 0 Å². The summed E-state index contributed by atoms with van der Waals surface area (Å²) in [6.07, 6.45) is 3.74. The van der Waals surface area contributed by atoms with Crippen molar-refractivity contribution in [1.29, 1.82) is 0 Å². The fourth-order valence-electron chi connectivity index (χ4n) is 2.89. The van der Waals surface area contributed by atoms with Gasteiger partial charge in [-0.25, -0.2) is 0 Å². The van der Waals surface area contributed by atoms with Gasteiger partial charge in [-0.15, -0.1) is 0 Å². The minimum atomic E-state index is -0.0514. The molecule has 0 aromatic heterocycles. The van der Waals surface area contributed by atoms with Gasteiger partial charge in [-0.05, 0) is 50.5 Å². The van der Waals surface area contributed by atoms with E-state index in [9.17, 15) is 4.79 Å². The minimum absolute atomic E-state index is 0.0514. The van der Waals surface area contributed by atoms with Gasteiger partial charge in [0.2, 0.25) is 0 Å². The molecule has 22 heavy (non-hydrogen) atoms. The second kappa shape index (κ2) is 6.65. The normalized spacial score (nSPS) is 14.7. The van der Waals surface area contributed by atoms with Crippen LogP contribution in [0.3, 0.4) is 0 Å². The molecule has 1 aliphatic rings. The fraction of sp³-hybridized carbons (Fsp3) is 0.316. The van der Waals surface area contributed by atoms with Gasteiger partial charge in [-0.2, -0.15) is 0 Å². The minimum Gasteiger partial charge on any atom is -0.370 e. The number of nitrogens with zero attached hydrogens (tertiary/aromatic N) is 1. The standard InChI is InChI=1S/C19H22N2O/c1-15-9-11-16(12-10-15)19(22)20-17-7-3-4-8-18(17)21-13-5-2-6-14-21/h3-4,7-12H,2,5-6,13-14H2,1H3,(H,20,22). The van der Waals surface area contributed by atoms with Crippen molar-refractivity contribution in [3.8, 4) is 0 Å². The molecule has 2 aromatic carbocycles. The van der Waals surface area contributed by atoms with Crippen LogP contribution in [0.5, 0.6) is 0 Å². The molecule has 0 saturated carbocycles. The Balaban J connectivity index is 1.79. The van der Waals surface area contributed by atoms with E-state index in [1.807, 2.05) is 49.4 Å². The van der Waals surface area contributed by atoms with Gasteiger partial charge in [0.05, 0.1) is 11.4 Å². The summed E-state index contributed by atoms with van der Waals surface area (Å²) >= 11 is 0. The van der Waals surface area contributed by atoms with Gasteiger partial charge in [-0.1, -0.05) is 29.8 Å². The third kappa shape index (κ3) is 3.30. The zero-order valence-electron chi connectivity index (χ0n) is 13.0. The Labute approximate surface area is 132 Å². The van der Waals surface area contributed by atoms with Gasteiger partial charge in [0.25, 0.3) is 5.91 Å². The quantitative estimate of drug-likeness (QED) is 0.918. The number of anilines is 2. The molecule has 0 bridgehead atoms. The van der Waals surface area contributed by atoms with E-state index >= 15 is 0 Å². The molecule has 2 aromatic rings. The average molecular weight is 294 g/mol. The topological polar surface area (TPSA) is 32.3 Å². The van der Waals surface area contributed by atoms with Crippen LogP contribution in [0.25, 0.3) is 0 Å². The summed E-state index contributed by atoms with van der Waals surface area (Å²) in [6, 6.07) is 15.7. The van der Waals surface area contributed by atoms with Crippen molar-refractivity contribution >= 4 is 17.3 Å². The second-order valence-electron chi connectivity index (χ2n) is 5.89. The largest absolute Gasteiger partial charge is 0.370 e. The lowest BCUT2D eigenvalue weighted by Crippen LogP contribution is -2.30. The molecule has 0 radical (unpaired) electrons. The van der Waals surface area contributed by atoms with Crippen molar-refractivity contribution < 1.29 is 4.79 Å². The number of nitrogens with one attached hydrogen (secondary N) is 1. The highest BCUT2D eigenvalue weighted by Gasteiger charge is 2.15. The smallest absolute Gasteiger partial charge is 0.255 e. The maximum atomic E-state index is 12.4. The Morgan fingerprint density at radius 2 is 1.64 bits per heavy atom. The second-order valence-corrected chi connectivity index (χ2v) is 5.89. The first-order valence-corrected chi connectivity index (χ1v) is 7.96. The molecule has 3 nitrogen and oxygen atoms in total. The third-order valence-electron chi connectivity index (χ3n) is 4.16. The number of aryl methyl sites for hydroxylation is 1. The molecular formula is C19H22N2O. The molecule has 1 amide bonds. The van der Waals surface area contributed by atoms with Gasteiger partial charge in [0.15, 0.2) is 0 Å². The van der Waals surface area contributed by atoms with E-state index in [2.05, 4.69) is 16.3 Å². The van der Waals surface area contributed by atoms with E-state index in [1.165, 1.54) is 19.3 Å². The zero-order chi connectivity index (χ0) is 15.4. The van der Waals surface area contributed by atoms with E-state index < -0.39 is 0 Å². The lowest BCUT2D eigenvalue weighted by Gasteiger charge is -2.30. The Bertz CT molecular complexity index is 643. The van der Waals surface area contributed by atoms with E-state index in [1.54, 1.807) is 0 Å². The highest BCUT2D eigenvalue weighted by atomic mass is 16.1. The molecule has 0 spiro atoms. The molecule has 1 fully saturated rings. The number of carbonyl (C=O) groups excluding carboxylic acids is 1. The molecule has 0 aliphatic carbocycles. The summed E-state index contributed by atoms with van der Waals surface area (Å²) in [6.45, 7) is 4.15. The first-order chi connectivity index (χ1) is 10.7. The zero-order valence-corrected chi connectivity index (χ0v) is 13.0. The van der Waals surface area contributed by atoms with Crippen LogP contribution in [-0.4, -0.2) is 19.0 Å². The number of carbonyl (C=O) groups is 1. The van der Waals surface area contributed by atoms with Crippen molar-refractivity contribution in [2.45, 2.75) is 26.2 Å². The predicted molar refractivity (Wildman–Crippen MR) is 91.6 cm³/mol. The van der Waals surface area contributed by atoms with Gasteiger partial charge in [-0.3, -0.25) is 4.79 Å². The van der Waals surface area contributed by atoms with Crippen molar-refractivity contribution in [2.75, 3.05) is 23.3 Å². The summed E-state index contributed by atoms with van der Waals surface area (Å²) < 4.78 is 0. The number of hydrogen-bond donors (Lipinski definition) is 1. The Morgan fingerprint density at radius 1 is 0.955 bits per heavy atom. The molecule has 1 saturated heterocycles. The number of para-hydroxylation sites is 2. The molecule has 3 heteroatoms. The van der Waals surface area contributed by atoms with Crippen LogP contribution in [-0.2, 0) is 0 Å². The third-order valence-corrected chi connectivity index (χ3v) is 4.16. The van der Waals surface area contributed by atoms with E-state index in [4.69, 9.17) is 0 Å². The van der Waals surface area contributed by atoms with Gasteiger partial charge in [0.1, 0.15) is 0 Å². The lowest BCUT2D eigenvalue weighted by molar-refractivity contribution is 0.102. The van der Waals surface area contributed by atoms with Crippen molar-refractivity contribution in [1.82, 2.24) is 0 Å². The summed E-state index contributed by atoms with van der Waals surface area (Å²) in [5, 5.41) is 3.06. The molecule has 0 unspecified atom stereocenters. The van der Waals surface area contributed by atoms with E-state index in [0.717, 1.165) is 30.0 Å². The first-order valence-electron chi connectivity index (χ1n) is 7.96. The number of piperidine rings is 1.